The minimum atomic E-state index is -0.488. The molecule has 0 atom stereocenters. The van der Waals surface area contributed by atoms with Gasteiger partial charge in [0.25, 0.3) is 5.56 Å². The van der Waals surface area contributed by atoms with Crippen molar-refractivity contribution in [2.24, 2.45) is 0 Å². The number of para-hydroxylation sites is 1. The van der Waals surface area contributed by atoms with Gasteiger partial charge in [-0.25, -0.2) is 9.07 Å². The summed E-state index contributed by atoms with van der Waals surface area (Å²) in [6.07, 6.45) is 9.18. The lowest BCUT2D eigenvalue weighted by atomic mass is 10.1. The van der Waals surface area contributed by atoms with Crippen molar-refractivity contribution in [1.29, 1.82) is 0 Å². The first kappa shape index (κ1) is 30.7. The lowest BCUT2D eigenvalue weighted by Gasteiger charge is -2.10. The van der Waals surface area contributed by atoms with Gasteiger partial charge in [0.2, 0.25) is 4.96 Å². The molecular formula is C35H32FN5O4S. The van der Waals surface area contributed by atoms with Crippen molar-refractivity contribution >= 4 is 34.5 Å². The van der Waals surface area contributed by atoms with E-state index in [1.165, 1.54) is 21.9 Å². The molecule has 3 heterocycles. The molecule has 0 fully saturated rings. The Balaban J connectivity index is 1.32. The molecule has 0 aliphatic carbocycles. The second-order valence-electron chi connectivity index (χ2n) is 10.3. The van der Waals surface area contributed by atoms with Gasteiger partial charge in [-0.1, -0.05) is 55.0 Å². The number of rotatable bonds is 12. The molecule has 0 saturated carbocycles. The SMILES string of the molecule is CCCCOc1ccc(/C=C/c2nc3s/c(=C\c4cn(-c5ccccc5)nc4-c4ccc(OCC)c(F)c4)c(=O)n3n2)cc1OC. The van der Waals surface area contributed by atoms with E-state index in [4.69, 9.17) is 19.3 Å². The van der Waals surface area contributed by atoms with Crippen LogP contribution in [0.5, 0.6) is 17.2 Å². The van der Waals surface area contributed by atoms with E-state index in [1.54, 1.807) is 43.0 Å². The minimum Gasteiger partial charge on any atom is -0.493 e. The molecule has 0 unspecified atom stereocenters. The van der Waals surface area contributed by atoms with Crippen molar-refractivity contribution in [1.82, 2.24) is 24.4 Å². The molecule has 0 radical (unpaired) electrons. The third-order valence-corrected chi connectivity index (χ3v) is 8.08. The summed E-state index contributed by atoms with van der Waals surface area (Å²) in [6.45, 7) is 4.90. The first-order valence-corrected chi connectivity index (χ1v) is 15.8. The first-order valence-electron chi connectivity index (χ1n) is 15.0. The number of hydrogen-bond acceptors (Lipinski definition) is 8. The van der Waals surface area contributed by atoms with E-state index in [0.717, 1.165) is 24.1 Å². The Morgan fingerprint density at radius 2 is 1.76 bits per heavy atom. The zero-order valence-electron chi connectivity index (χ0n) is 25.6. The summed E-state index contributed by atoms with van der Waals surface area (Å²) in [5, 5.41) is 9.18. The Labute approximate surface area is 268 Å². The van der Waals surface area contributed by atoms with Crippen LogP contribution in [0.15, 0.2) is 77.7 Å². The van der Waals surface area contributed by atoms with Gasteiger partial charge in [-0.15, -0.1) is 5.10 Å². The highest BCUT2D eigenvalue weighted by Crippen LogP contribution is 2.30. The molecular weight excluding hydrogens is 605 g/mol. The van der Waals surface area contributed by atoms with Crippen LogP contribution in [0.25, 0.3) is 40.1 Å². The number of benzene rings is 3. The maximum absolute atomic E-state index is 14.8. The fourth-order valence-electron chi connectivity index (χ4n) is 4.82. The summed E-state index contributed by atoms with van der Waals surface area (Å²) in [7, 11) is 1.61. The zero-order chi connectivity index (χ0) is 32.0. The Kier molecular flexibility index (Phi) is 9.20. The lowest BCUT2D eigenvalue weighted by molar-refractivity contribution is 0.288. The van der Waals surface area contributed by atoms with E-state index in [1.807, 2.05) is 60.8 Å². The normalized spacial score (nSPS) is 12.0. The van der Waals surface area contributed by atoms with Crippen molar-refractivity contribution in [2.75, 3.05) is 20.3 Å². The maximum atomic E-state index is 14.8. The van der Waals surface area contributed by atoms with Crippen molar-refractivity contribution < 1.29 is 18.6 Å². The average molecular weight is 638 g/mol. The van der Waals surface area contributed by atoms with E-state index in [2.05, 4.69) is 17.0 Å². The largest absolute Gasteiger partial charge is 0.493 e. The Morgan fingerprint density at radius 1 is 0.935 bits per heavy atom. The van der Waals surface area contributed by atoms with Crippen LogP contribution >= 0.6 is 11.3 Å². The van der Waals surface area contributed by atoms with Gasteiger partial charge in [0, 0.05) is 17.3 Å². The lowest BCUT2D eigenvalue weighted by Crippen LogP contribution is -2.23. The third-order valence-electron chi connectivity index (χ3n) is 7.12. The molecule has 6 aromatic rings. The summed E-state index contributed by atoms with van der Waals surface area (Å²) in [5.74, 6) is 1.42. The van der Waals surface area contributed by atoms with Crippen LogP contribution in [0.1, 0.15) is 43.6 Å². The average Bonchev–Trinajstić information content (AvgIpc) is 3.76. The standard InChI is InChI=1S/C35H32FN5O4S/c1-4-6-18-45-29-15-12-23(19-30(29)43-3)13-17-32-37-35-41(38-32)34(42)31(46-35)21-25-22-40(26-10-8-7-9-11-26)39-33(25)24-14-16-28(44-5-2)27(36)20-24/h7-17,19-22H,4-6,18H2,1-3H3/b17-13+,31-21-. The van der Waals surface area contributed by atoms with Gasteiger partial charge in [0.1, 0.15) is 5.69 Å². The summed E-state index contributed by atoms with van der Waals surface area (Å²) < 4.78 is 35.0. The monoisotopic (exact) mass is 637 g/mol. The van der Waals surface area contributed by atoms with E-state index >= 15 is 0 Å². The topological polar surface area (TPSA) is 92.8 Å². The predicted octanol–water partition coefficient (Wildman–Crippen LogP) is 6.45. The quantitative estimate of drug-likeness (QED) is 0.143. The highest BCUT2D eigenvalue weighted by molar-refractivity contribution is 7.15. The first-order chi connectivity index (χ1) is 22.5. The van der Waals surface area contributed by atoms with Crippen molar-refractivity contribution in [2.45, 2.75) is 26.7 Å². The van der Waals surface area contributed by atoms with Crippen LogP contribution in [0.4, 0.5) is 4.39 Å². The van der Waals surface area contributed by atoms with E-state index in [-0.39, 0.29) is 11.3 Å². The number of methoxy groups -OCH3 is 1. The van der Waals surface area contributed by atoms with Crippen LogP contribution in [0.2, 0.25) is 0 Å². The summed E-state index contributed by atoms with van der Waals surface area (Å²) in [5.41, 5.74) is 3.11. The van der Waals surface area contributed by atoms with Gasteiger partial charge in [-0.3, -0.25) is 4.79 Å². The number of thiazole rings is 1. The van der Waals surface area contributed by atoms with Gasteiger partial charge in [-0.05, 0) is 73.5 Å². The molecule has 0 amide bonds. The second-order valence-corrected chi connectivity index (χ2v) is 11.3. The number of hydrogen-bond donors (Lipinski definition) is 0. The molecule has 0 N–H and O–H groups in total. The molecule has 46 heavy (non-hydrogen) atoms. The smallest absolute Gasteiger partial charge is 0.291 e. The van der Waals surface area contributed by atoms with Gasteiger partial charge in [0.15, 0.2) is 28.9 Å². The Morgan fingerprint density at radius 3 is 2.50 bits per heavy atom. The second kappa shape index (κ2) is 13.8. The van der Waals surface area contributed by atoms with Crippen molar-refractivity contribution in [3.8, 4) is 34.2 Å². The predicted molar refractivity (Wildman–Crippen MR) is 178 cm³/mol. The highest BCUT2D eigenvalue weighted by atomic mass is 32.1. The molecule has 0 aliphatic rings. The number of fused-ring (bicyclic) bond motifs is 1. The summed E-state index contributed by atoms with van der Waals surface area (Å²) in [6, 6.07) is 20.0. The molecule has 3 aromatic heterocycles. The molecule has 3 aromatic carbocycles. The summed E-state index contributed by atoms with van der Waals surface area (Å²) >= 11 is 1.22. The van der Waals surface area contributed by atoms with Gasteiger partial charge in [0.05, 0.1) is 30.5 Å². The number of halogens is 1. The summed E-state index contributed by atoms with van der Waals surface area (Å²) in [4.78, 5) is 18.4. The molecule has 0 aliphatic heterocycles. The van der Waals surface area contributed by atoms with E-state index in [0.29, 0.717) is 56.9 Å². The van der Waals surface area contributed by atoms with E-state index in [9.17, 15) is 9.18 Å². The molecule has 9 nitrogen and oxygen atoms in total. The Bertz CT molecular complexity index is 2120. The molecule has 11 heteroatoms. The fourth-order valence-corrected chi connectivity index (χ4v) is 5.72. The van der Waals surface area contributed by atoms with Gasteiger partial charge >= 0.3 is 0 Å². The van der Waals surface area contributed by atoms with Crippen molar-refractivity contribution in [3.05, 3.63) is 111 Å². The molecule has 0 spiro atoms. The zero-order valence-corrected chi connectivity index (χ0v) is 26.5. The number of nitrogens with zero attached hydrogens (tertiary/aromatic N) is 5. The van der Waals surface area contributed by atoms with Crippen LogP contribution in [0.3, 0.4) is 0 Å². The van der Waals surface area contributed by atoms with E-state index < -0.39 is 5.82 Å². The van der Waals surface area contributed by atoms with Crippen LogP contribution in [-0.4, -0.2) is 44.7 Å². The van der Waals surface area contributed by atoms with Crippen LogP contribution < -0.4 is 24.3 Å². The minimum absolute atomic E-state index is 0.170. The van der Waals surface area contributed by atoms with Gasteiger partial charge < -0.3 is 14.2 Å². The van der Waals surface area contributed by atoms with Crippen LogP contribution in [-0.2, 0) is 0 Å². The Hall–Kier alpha value is -5.29. The molecule has 0 saturated heterocycles. The molecule has 0 bridgehead atoms. The van der Waals surface area contributed by atoms with Crippen LogP contribution in [0, 0.1) is 5.82 Å². The van der Waals surface area contributed by atoms with Gasteiger partial charge in [-0.2, -0.15) is 14.6 Å². The molecule has 6 rings (SSSR count). The highest BCUT2D eigenvalue weighted by Gasteiger charge is 2.16. The number of aromatic nitrogens is 5. The third kappa shape index (κ3) is 6.54. The molecule has 234 valence electrons. The van der Waals surface area contributed by atoms with Crippen molar-refractivity contribution in [3.63, 3.8) is 0 Å². The fraction of sp³-hybridized carbons (Fsp3) is 0.200. The number of unbranched alkanes of at least 4 members (excludes halogenated alkanes) is 1. The maximum Gasteiger partial charge on any atom is 0.291 e. The number of ether oxygens (including phenoxy) is 3.